The maximum absolute atomic E-state index is 12.6. The molecule has 0 unspecified atom stereocenters. The molecule has 0 radical (unpaired) electrons. The summed E-state index contributed by atoms with van der Waals surface area (Å²) in [5, 5.41) is 2.76. The molecule has 3 rings (SSSR count). The molecule has 1 N–H and O–H groups in total. The number of amides is 1. The van der Waals surface area contributed by atoms with Crippen LogP contribution in [0.2, 0.25) is 0 Å². The van der Waals surface area contributed by atoms with E-state index in [0.717, 1.165) is 15.5 Å². The third kappa shape index (κ3) is 5.77. The van der Waals surface area contributed by atoms with Gasteiger partial charge in [0, 0.05) is 10.6 Å². The summed E-state index contributed by atoms with van der Waals surface area (Å²) in [5.74, 6) is 0.455. The first-order valence-electron chi connectivity index (χ1n) is 9.10. The number of thioether (sulfide) groups is 1. The van der Waals surface area contributed by atoms with Gasteiger partial charge in [-0.1, -0.05) is 36.4 Å². The second-order valence-electron chi connectivity index (χ2n) is 6.43. The normalized spacial score (nSPS) is 11.0. The molecule has 0 aliphatic carbocycles. The van der Waals surface area contributed by atoms with Gasteiger partial charge in [-0.15, -0.1) is 11.8 Å². The van der Waals surface area contributed by atoms with Crippen molar-refractivity contribution in [1.29, 1.82) is 0 Å². The Bertz CT molecular complexity index is 1120. The second kappa shape index (κ2) is 9.69. The highest BCUT2D eigenvalue weighted by atomic mass is 32.2. The van der Waals surface area contributed by atoms with Gasteiger partial charge in [-0.3, -0.25) is 9.10 Å². The van der Waals surface area contributed by atoms with E-state index in [1.807, 2.05) is 42.7 Å². The van der Waals surface area contributed by atoms with E-state index in [4.69, 9.17) is 4.74 Å². The van der Waals surface area contributed by atoms with Crippen molar-refractivity contribution >= 4 is 39.1 Å². The Morgan fingerprint density at radius 1 is 1.00 bits per heavy atom. The molecule has 6 nitrogen and oxygen atoms in total. The zero-order valence-electron chi connectivity index (χ0n) is 16.6. The molecule has 0 heterocycles. The SMILES string of the molecule is CSc1cccc(NC(=O)CN(c2ccccc2Oc2ccccc2)S(C)(=O)=O)c1. The van der Waals surface area contributed by atoms with E-state index >= 15 is 0 Å². The largest absolute Gasteiger partial charge is 0.455 e. The van der Waals surface area contributed by atoms with Crippen LogP contribution in [0.5, 0.6) is 11.5 Å². The molecule has 30 heavy (non-hydrogen) atoms. The Balaban J connectivity index is 1.86. The summed E-state index contributed by atoms with van der Waals surface area (Å²) in [6.07, 6.45) is 3.00. The summed E-state index contributed by atoms with van der Waals surface area (Å²) in [5.41, 5.74) is 0.894. The molecule has 0 saturated heterocycles. The van der Waals surface area contributed by atoms with Crippen LogP contribution in [0, 0.1) is 0 Å². The van der Waals surface area contributed by atoms with Crippen molar-refractivity contribution in [3.8, 4) is 11.5 Å². The number of para-hydroxylation sites is 3. The third-order valence-corrected chi connectivity index (χ3v) is 6.00. The summed E-state index contributed by atoms with van der Waals surface area (Å²) >= 11 is 1.55. The van der Waals surface area contributed by atoms with E-state index in [-0.39, 0.29) is 12.2 Å². The van der Waals surface area contributed by atoms with Crippen LogP contribution < -0.4 is 14.4 Å². The van der Waals surface area contributed by atoms with E-state index in [1.165, 1.54) is 0 Å². The number of hydrogen-bond acceptors (Lipinski definition) is 5. The molecule has 3 aromatic carbocycles. The molecule has 0 aliphatic heterocycles. The number of nitrogens with one attached hydrogen (secondary N) is 1. The van der Waals surface area contributed by atoms with Crippen molar-refractivity contribution in [2.24, 2.45) is 0 Å². The Labute approximate surface area is 180 Å². The number of ether oxygens (including phenoxy) is 1. The van der Waals surface area contributed by atoms with Gasteiger partial charge in [-0.25, -0.2) is 8.42 Å². The lowest BCUT2D eigenvalue weighted by Gasteiger charge is -2.24. The van der Waals surface area contributed by atoms with Gasteiger partial charge in [0.05, 0.1) is 11.9 Å². The van der Waals surface area contributed by atoms with Crippen LogP contribution in [0.1, 0.15) is 0 Å². The fourth-order valence-electron chi connectivity index (χ4n) is 2.78. The molecule has 0 aromatic heterocycles. The lowest BCUT2D eigenvalue weighted by Crippen LogP contribution is -2.37. The number of carbonyl (C=O) groups is 1. The van der Waals surface area contributed by atoms with Gasteiger partial charge < -0.3 is 10.1 Å². The van der Waals surface area contributed by atoms with Crippen LogP contribution in [0.4, 0.5) is 11.4 Å². The van der Waals surface area contributed by atoms with Crippen LogP contribution in [0.25, 0.3) is 0 Å². The molecule has 0 aliphatic rings. The minimum Gasteiger partial charge on any atom is -0.455 e. The third-order valence-electron chi connectivity index (χ3n) is 4.15. The molecule has 0 bridgehead atoms. The molecule has 8 heteroatoms. The van der Waals surface area contributed by atoms with E-state index < -0.39 is 15.9 Å². The minimum atomic E-state index is -3.74. The van der Waals surface area contributed by atoms with E-state index in [1.54, 1.807) is 54.2 Å². The van der Waals surface area contributed by atoms with Gasteiger partial charge in [0.15, 0.2) is 5.75 Å². The molecule has 0 atom stereocenters. The fraction of sp³-hybridized carbons (Fsp3) is 0.136. The second-order valence-corrected chi connectivity index (χ2v) is 9.22. The molecule has 3 aromatic rings. The van der Waals surface area contributed by atoms with Gasteiger partial charge in [0.1, 0.15) is 12.3 Å². The standard InChI is InChI=1S/C22H22N2O4S2/c1-29-19-12-8-9-17(15-19)23-22(25)16-24(30(2,26)27)20-13-6-7-14-21(20)28-18-10-4-3-5-11-18/h3-15H,16H2,1-2H3,(H,23,25). The number of benzene rings is 3. The number of hydrogen-bond donors (Lipinski definition) is 1. The Morgan fingerprint density at radius 3 is 2.40 bits per heavy atom. The average molecular weight is 443 g/mol. The van der Waals surface area contributed by atoms with Crippen molar-refractivity contribution in [3.63, 3.8) is 0 Å². The van der Waals surface area contributed by atoms with Crippen molar-refractivity contribution in [3.05, 3.63) is 78.9 Å². The summed E-state index contributed by atoms with van der Waals surface area (Å²) in [6.45, 7) is -0.377. The monoisotopic (exact) mass is 442 g/mol. The predicted molar refractivity (Wildman–Crippen MR) is 122 cm³/mol. The minimum absolute atomic E-state index is 0.289. The zero-order valence-corrected chi connectivity index (χ0v) is 18.2. The zero-order chi connectivity index (χ0) is 21.6. The van der Waals surface area contributed by atoms with E-state index in [9.17, 15) is 13.2 Å². The predicted octanol–water partition coefficient (Wildman–Crippen LogP) is 4.61. The Hall–Kier alpha value is -2.97. The first-order chi connectivity index (χ1) is 14.4. The van der Waals surface area contributed by atoms with Gasteiger partial charge in [-0.2, -0.15) is 0 Å². The van der Waals surface area contributed by atoms with E-state index in [0.29, 0.717) is 17.2 Å². The van der Waals surface area contributed by atoms with E-state index in [2.05, 4.69) is 5.32 Å². The smallest absolute Gasteiger partial charge is 0.245 e. The van der Waals surface area contributed by atoms with Crippen molar-refractivity contribution in [1.82, 2.24) is 0 Å². The highest BCUT2D eigenvalue weighted by Crippen LogP contribution is 2.33. The Kier molecular flexibility index (Phi) is 7.02. The first-order valence-corrected chi connectivity index (χ1v) is 12.2. The van der Waals surface area contributed by atoms with Gasteiger partial charge in [0.2, 0.25) is 15.9 Å². The highest BCUT2D eigenvalue weighted by Gasteiger charge is 2.24. The van der Waals surface area contributed by atoms with Crippen molar-refractivity contribution in [2.75, 3.05) is 28.7 Å². The van der Waals surface area contributed by atoms with Crippen LogP contribution in [-0.4, -0.2) is 33.4 Å². The summed E-state index contributed by atoms with van der Waals surface area (Å²) < 4.78 is 31.9. The lowest BCUT2D eigenvalue weighted by molar-refractivity contribution is -0.114. The number of anilines is 2. The van der Waals surface area contributed by atoms with Crippen LogP contribution in [0.3, 0.4) is 0 Å². The molecule has 0 fully saturated rings. The fourth-order valence-corrected chi connectivity index (χ4v) is 4.10. The Morgan fingerprint density at radius 2 is 1.70 bits per heavy atom. The molecular formula is C22H22N2O4S2. The summed E-state index contributed by atoms with van der Waals surface area (Å²) in [6, 6.07) is 23.1. The number of nitrogens with zero attached hydrogens (tertiary/aromatic N) is 1. The summed E-state index contributed by atoms with van der Waals surface area (Å²) in [4.78, 5) is 13.6. The summed E-state index contributed by atoms with van der Waals surface area (Å²) in [7, 11) is -3.74. The number of rotatable bonds is 8. The number of carbonyl (C=O) groups excluding carboxylic acids is 1. The van der Waals surface area contributed by atoms with Crippen molar-refractivity contribution in [2.45, 2.75) is 4.90 Å². The maximum Gasteiger partial charge on any atom is 0.245 e. The topological polar surface area (TPSA) is 75.7 Å². The van der Waals surface area contributed by atoms with Crippen molar-refractivity contribution < 1.29 is 17.9 Å². The van der Waals surface area contributed by atoms with Gasteiger partial charge in [-0.05, 0) is 48.7 Å². The van der Waals surface area contributed by atoms with Gasteiger partial charge >= 0.3 is 0 Å². The molecule has 0 spiro atoms. The molecule has 1 amide bonds. The number of sulfonamides is 1. The van der Waals surface area contributed by atoms with Crippen LogP contribution in [0.15, 0.2) is 83.8 Å². The first kappa shape index (κ1) is 21.7. The maximum atomic E-state index is 12.6. The highest BCUT2D eigenvalue weighted by molar-refractivity contribution is 7.98. The molecular weight excluding hydrogens is 420 g/mol. The lowest BCUT2D eigenvalue weighted by atomic mass is 10.2. The molecule has 0 saturated carbocycles. The molecule has 156 valence electrons. The average Bonchev–Trinajstić information content (AvgIpc) is 2.73. The quantitative estimate of drug-likeness (QED) is 0.516. The van der Waals surface area contributed by atoms with Crippen LogP contribution in [-0.2, 0) is 14.8 Å². The van der Waals surface area contributed by atoms with Crippen LogP contribution >= 0.6 is 11.8 Å². The van der Waals surface area contributed by atoms with Gasteiger partial charge in [0.25, 0.3) is 0 Å².